The summed E-state index contributed by atoms with van der Waals surface area (Å²) in [6.07, 6.45) is 2.07. The molecule has 1 aliphatic heterocycles. The fourth-order valence-corrected chi connectivity index (χ4v) is 4.48. The summed E-state index contributed by atoms with van der Waals surface area (Å²) < 4.78 is 8.80. The lowest BCUT2D eigenvalue weighted by Gasteiger charge is -2.35. The van der Waals surface area contributed by atoms with Gasteiger partial charge in [-0.15, -0.1) is 0 Å². The number of rotatable bonds is 4. The van der Waals surface area contributed by atoms with Crippen LogP contribution in [0.5, 0.6) is 5.75 Å². The van der Waals surface area contributed by atoms with Crippen LogP contribution in [-0.4, -0.2) is 53.1 Å². The number of hydrogen-bond acceptors (Lipinski definition) is 4. The second-order valence-corrected chi connectivity index (χ2v) is 8.58. The van der Waals surface area contributed by atoms with Crippen LogP contribution in [0.3, 0.4) is 0 Å². The second-order valence-electron chi connectivity index (χ2n) is 7.67. The Morgan fingerprint density at radius 2 is 1.88 bits per heavy atom. The number of amides is 2. The monoisotopic (exact) mass is 493 g/mol. The number of aromatic nitrogens is 2. The van der Waals surface area contributed by atoms with Crippen LogP contribution in [0.4, 0.5) is 16.3 Å². The number of carbonyl (C=O) groups is 1. The predicted molar refractivity (Wildman–Crippen MR) is 131 cm³/mol. The Morgan fingerprint density at radius 1 is 1.06 bits per heavy atom. The fraction of sp³-hybridized carbons (Fsp3) is 0.250. The van der Waals surface area contributed by atoms with E-state index in [0.717, 1.165) is 26.8 Å². The number of halogens is 1. The molecule has 7 nitrogen and oxygen atoms in total. The number of hydrogen-bond donors (Lipinski definition) is 1. The first-order chi connectivity index (χ1) is 15.6. The van der Waals surface area contributed by atoms with Gasteiger partial charge in [0.05, 0.1) is 28.8 Å². The van der Waals surface area contributed by atoms with Gasteiger partial charge in [-0.2, -0.15) is 0 Å². The summed E-state index contributed by atoms with van der Waals surface area (Å²) >= 11 is 3.55. The van der Waals surface area contributed by atoms with Crippen molar-refractivity contribution in [3.05, 3.63) is 65.3 Å². The highest BCUT2D eigenvalue weighted by Crippen LogP contribution is 2.28. The Morgan fingerprint density at radius 3 is 2.69 bits per heavy atom. The van der Waals surface area contributed by atoms with Crippen molar-refractivity contribution in [1.29, 1.82) is 0 Å². The Bertz CT molecular complexity index is 1280. The molecule has 1 N–H and O–H groups in total. The summed E-state index contributed by atoms with van der Waals surface area (Å²) in [7, 11) is 0. The SMILES string of the molecule is CCOc1ccccc1NC(=O)N1CCN(c2nc3cc(Br)ccc3n3cccc23)CC1. The van der Waals surface area contributed by atoms with E-state index in [1.54, 1.807) is 0 Å². The molecule has 8 heteroatoms. The van der Waals surface area contributed by atoms with E-state index in [1.165, 1.54) is 0 Å². The standard InChI is InChI=1S/C24H24BrN5O2/c1-2-32-22-8-4-3-6-18(22)27-24(31)29-14-12-28(13-15-29)23-21-7-5-11-30(21)20-10-9-17(25)16-19(20)26-23/h3-11,16H,2,12-15H2,1H3,(H,27,31). The number of anilines is 2. The molecule has 1 aliphatic rings. The zero-order valence-corrected chi connectivity index (χ0v) is 19.4. The topological polar surface area (TPSA) is 62.1 Å². The van der Waals surface area contributed by atoms with Gasteiger partial charge in [-0.05, 0) is 49.4 Å². The zero-order valence-electron chi connectivity index (χ0n) is 17.8. The third-order valence-electron chi connectivity index (χ3n) is 5.70. The molecular formula is C24H24BrN5O2. The normalized spacial score (nSPS) is 14.2. The van der Waals surface area contributed by atoms with E-state index in [-0.39, 0.29) is 6.03 Å². The number of nitrogens with zero attached hydrogens (tertiary/aromatic N) is 4. The van der Waals surface area contributed by atoms with E-state index < -0.39 is 0 Å². The van der Waals surface area contributed by atoms with Gasteiger partial charge >= 0.3 is 6.03 Å². The maximum Gasteiger partial charge on any atom is 0.322 e. The maximum absolute atomic E-state index is 12.9. The van der Waals surface area contributed by atoms with E-state index in [2.05, 4.69) is 48.9 Å². The molecule has 2 aromatic heterocycles. The van der Waals surface area contributed by atoms with Gasteiger partial charge in [-0.1, -0.05) is 28.1 Å². The Kier molecular flexibility index (Phi) is 5.61. The Balaban J connectivity index is 1.33. The van der Waals surface area contributed by atoms with Gasteiger partial charge in [0.25, 0.3) is 0 Å². The van der Waals surface area contributed by atoms with Crippen LogP contribution in [-0.2, 0) is 0 Å². The quantitative estimate of drug-likeness (QED) is 0.434. The molecule has 164 valence electrons. The van der Waals surface area contributed by atoms with Crippen LogP contribution in [0.15, 0.2) is 65.3 Å². The minimum Gasteiger partial charge on any atom is -0.492 e. The summed E-state index contributed by atoms with van der Waals surface area (Å²) in [5.41, 5.74) is 3.77. The van der Waals surface area contributed by atoms with Crippen LogP contribution in [0.2, 0.25) is 0 Å². The lowest BCUT2D eigenvalue weighted by Crippen LogP contribution is -2.50. The first-order valence-electron chi connectivity index (χ1n) is 10.7. The molecule has 0 unspecified atom stereocenters. The fourth-order valence-electron chi connectivity index (χ4n) is 4.13. The molecule has 0 aliphatic carbocycles. The number of urea groups is 1. The van der Waals surface area contributed by atoms with Crippen molar-refractivity contribution in [2.75, 3.05) is 43.0 Å². The van der Waals surface area contributed by atoms with Crippen molar-refractivity contribution in [3.63, 3.8) is 0 Å². The number of nitrogens with one attached hydrogen (secondary N) is 1. The van der Waals surface area contributed by atoms with Crippen LogP contribution in [0.1, 0.15) is 6.92 Å². The average molecular weight is 494 g/mol. The largest absolute Gasteiger partial charge is 0.492 e. The van der Waals surface area contributed by atoms with Crippen LogP contribution in [0, 0.1) is 0 Å². The van der Waals surface area contributed by atoms with Crippen LogP contribution in [0.25, 0.3) is 16.6 Å². The Hall–Kier alpha value is -3.26. The molecule has 0 spiro atoms. The van der Waals surface area contributed by atoms with Crippen molar-refractivity contribution < 1.29 is 9.53 Å². The van der Waals surface area contributed by atoms with E-state index in [1.807, 2.05) is 54.3 Å². The van der Waals surface area contributed by atoms with Crippen LogP contribution < -0.4 is 15.0 Å². The summed E-state index contributed by atoms with van der Waals surface area (Å²) in [6, 6.07) is 17.7. The molecule has 0 saturated carbocycles. The number of fused-ring (bicyclic) bond motifs is 3. The maximum atomic E-state index is 12.9. The highest BCUT2D eigenvalue weighted by Gasteiger charge is 2.24. The summed E-state index contributed by atoms with van der Waals surface area (Å²) in [4.78, 5) is 21.9. The highest BCUT2D eigenvalue weighted by molar-refractivity contribution is 9.10. The number of piperazine rings is 1. The van der Waals surface area contributed by atoms with Crippen molar-refractivity contribution in [1.82, 2.24) is 14.3 Å². The molecule has 0 atom stereocenters. The summed E-state index contributed by atoms with van der Waals surface area (Å²) in [6.45, 7) is 5.15. The molecular weight excluding hydrogens is 470 g/mol. The minimum atomic E-state index is -0.111. The molecule has 5 rings (SSSR count). The lowest BCUT2D eigenvalue weighted by atomic mass is 10.2. The van der Waals surface area contributed by atoms with Gasteiger partial charge in [0, 0.05) is 36.8 Å². The predicted octanol–water partition coefficient (Wildman–Crippen LogP) is 5.00. The van der Waals surface area contributed by atoms with Crippen molar-refractivity contribution in [2.45, 2.75) is 6.92 Å². The Labute approximate surface area is 194 Å². The smallest absolute Gasteiger partial charge is 0.322 e. The summed E-state index contributed by atoms with van der Waals surface area (Å²) in [5.74, 6) is 1.63. The first kappa shape index (κ1) is 20.6. The number of ether oxygens (including phenoxy) is 1. The van der Waals surface area contributed by atoms with Gasteiger partial charge in [0.2, 0.25) is 0 Å². The molecule has 4 aromatic rings. The van der Waals surface area contributed by atoms with Gasteiger partial charge in [0.1, 0.15) is 5.75 Å². The summed E-state index contributed by atoms with van der Waals surface area (Å²) in [5, 5.41) is 2.99. The molecule has 32 heavy (non-hydrogen) atoms. The van der Waals surface area contributed by atoms with E-state index in [4.69, 9.17) is 9.72 Å². The van der Waals surface area contributed by atoms with E-state index >= 15 is 0 Å². The van der Waals surface area contributed by atoms with Gasteiger partial charge in [-0.3, -0.25) is 0 Å². The number of benzene rings is 2. The third kappa shape index (κ3) is 3.86. The van der Waals surface area contributed by atoms with Crippen molar-refractivity contribution >= 4 is 50.0 Å². The second kappa shape index (κ2) is 8.70. The molecule has 2 aromatic carbocycles. The van der Waals surface area contributed by atoms with Crippen LogP contribution >= 0.6 is 15.9 Å². The van der Waals surface area contributed by atoms with Gasteiger partial charge < -0.3 is 24.3 Å². The first-order valence-corrected chi connectivity index (χ1v) is 11.5. The minimum absolute atomic E-state index is 0.111. The van der Waals surface area contributed by atoms with E-state index in [0.29, 0.717) is 44.2 Å². The molecule has 2 amide bonds. The molecule has 1 fully saturated rings. The zero-order chi connectivity index (χ0) is 22.1. The molecule has 1 saturated heterocycles. The third-order valence-corrected chi connectivity index (χ3v) is 6.19. The molecule has 0 bridgehead atoms. The lowest BCUT2D eigenvalue weighted by molar-refractivity contribution is 0.208. The number of carbonyl (C=O) groups excluding carboxylic acids is 1. The van der Waals surface area contributed by atoms with Gasteiger partial charge in [-0.25, -0.2) is 9.78 Å². The van der Waals surface area contributed by atoms with Crippen molar-refractivity contribution in [3.8, 4) is 5.75 Å². The van der Waals surface area contributed by atoms with E-state index in [9.17, 15) is 4.79 Å². The molecule has 3 heterocycles. The average Bonchev–Trinajstić information content (AvgIpc) is 3.30. The van der Waals surface area contributed by atoms with Gasteiger partial charge in [0.15, 0.2) is 5.82 Å². The number of para-hydroxylation sites is 2. The highest BCUT2D eigenvalue weighted by atomic mass is 79.9. The van der Waals surface area contributed by atoms with Crippen molar-refractivity contribution in [2.24, 2.45) is 0 Å². The molecule has 0 radical (unpaired) electrons.